The molecule has 0 aliphatic rings. The summed E-state index contributed by atoms with van der Waals surface area (Å²) in [5, 5.41) is 8.50. The number of nitrogens with zero attached hydrogens (tertiary/aromatic N) is 3. The quantitative estimate of drug-likeness (QED) is 0.779. The zero-order chi connectivity index (χ0) is 10.4. The summed E-state index contributed by atoms with van der Waals surface area (Å²) in [5.41, 5.74) is 7.25. The van der Waals surface area contributed by atoms with E-state index in [1.165, 1.54) is 0 Å². The molecule has 1 rings (SSSR count). The number of anilines is 2. The SMILES string of the molecule is CCN(CCC#N)c1cncc(N)c1. The van der Waals surface area contributed by atoms with Crippen molar-refractivity contribution < 1.29 is 0 Å². The number of aromatic nitrogens is 1. The third-order valence-electron chi connectivity index (χ3n) is 1.99. The molecule has 74 valence electrons. The smallest absolute Gasteiger partial charge is 0.0640 e. The molecule has 0 saturated carbocycles. The molecule has 0 bridgehead atoms. The first kappa shape index (κ1) is 10.3. The standard InChI is InChI=1S/C10H14N4/c1-2-14(5-3-4-11)10-6-9(12)7-13-8-10/h6-8H,2-3,5,12H2,1H3. The number of hydrogen-bond donors (Lipinski definition) is 1. The molecule has 14 heavy (non-hydrogen) atoms. The Morgan fingerprint density at radius 1 is 1.57 bits per heavy atom. The molecule has 0 atom stereocenters. The topological polar surface area (TPSA) is 65.9 Å². The Hall–Kier alpha value is -1.76. The highest BCUT2D eigenvalue weighted by Crippen LogP contribution is 2.15. The van der Waals surface area contributed by atoms with Gasteiger partial charge in [-0.3, -0.25) is 4.98 Å². The van der Waals surface area contributed by atoms with Crippen molar-refractivity contribution in [1.82, 2.24) is 4.98 Å². The van der Waals surface area contributed by atoms with Crippen molar-refractivity contribution in [3.8, 4) is 6.07 Å². The first-order valence-corrected chi connectivity index (χ1v) is 4.60. The van der Waals surface area contributed by atoms with Gasteiger partial charge in [0.2, 0.25) is 0 Å². The molecule has 1 heterocycles. The van der Waals surface area contributed by atoms with E-state index in [0.717, 1.165) is 18.8 Å². The van der Waals surface area contributed by atoms with Crippen LogP contribution < -0.4 is 10.6 Å². The molecule has 0 amide bonds. The normalized spacial score (nSPS) is 9.43. The summed E-state index contributed by atoms with van der Waals surface area (Å²) in [4.78, 5) is 6.09. The van der Waals surface area contributed by atoms with Crippen molar-refractivity contribution in [2.75, 3.05) is 23.7 Å². The molecule has 0 saturated heterocycles. The van der Waals surface area contributed by atoms with Crippen molar-refractivity contribution >= 4 is 11.4 Å². The average Bonchev–Trinajstić information content (AvgIpc) is 2.19. The number of pyridine rings is 1. The Bertz CT molecular complexity index is 329. The highest BCUT2D eigenvalue weighted by atomic mass is 15.1. The largest absolute Gasteiger partial charge is 0.397 e. The number of nitrogens with two attached hydrogens (primary N) is 1. The Morgan fingerprint density at radius 3 is 2.93 bits per heavy atom. The molecule has 0 spiro atoms. The highest BCUT2D eigenvalue weighted by Gasteiger charge is 2.03. The van der Waals surface area contributed by atoms with E-state index < -0.39 is 0 Å². The molecule has 0 unspecified atom stereocenters. The van der Waals surface area contributed by atoms with Crippen LogP contribution in [-0.2, 0) is 0 Å². The monoisotopic (exact) mass is 190 g/mol. The van der Waals surface area contributed by atoms with Gasteiger partial charge in [0.1, 0.15) is 0 Å². The Balaban J connectivity index is 2.74. The van der Waals surface area contributed by atoms with Crippen LogP contribution >= 0.6 is 0 Å². The van der Waals surface area contributed by atoms with Crippen LogP contribution in [0.4, 0.5) is 11.4 Å². The van der Waals surface area contributed by atoms with E-state index in [2.05, 4.69) is 16.0 Å². The lowest BCUT2D eigenvalue weighted by molar-refractivity contribution is 0.824. The Labute approximate surface area is 84.0 Å². The van der Waals surface area contributed by atoms with Gasteiger partial charge in [-0.15, -0.1) is 0 Å². The highest BCUT2D eigenvalue weighted by molar-refractivity contribution is 5.53. The van der Waals surface area contributed by atoms with Crippen LogP contribution in [0, 0.1) is 11.3 Å². The summed E-state index contributed by atoms with van der Waals surface area (Å²) in [7, 11) is 0. The maximum Gasteiger partial charge on any atom is 0.0640 e. The lowest BCUT2D eigenvalue weighted by atomic mass is 10.3. The maximum atomic E-state index is 8.50. The van der Waals surface area contributed by atoms with Gasteiger partial charge >= 0.3 is 0 Å². The molecule has 0 aliphatic heterocycles. The van der Waals surface area contributed by atoms with Gasteiger partial charge in [0.15, 0.2) is 0 Å². The summed E-state index contributed by atoms with van der Waals surface area (Å²) < 4.78 is 0. The molecular formula is C10H14N4. The van der Waals surface area contributed by atoms with Crippen molar-refractivity contribution in [2.24, 2.45) is 0 Å². The van der Waals surface area contributed by atoms with Crippen LogP contribution in [0.1, 0.15) is 13.3 Å². The lowest BCUT2D eigenvalue weighted by Gasteiger charge is -2.21. The van der Waals surface area contributed by atoms with E-state index >= 15 is 0 Å². The van der Waals surface area contributed by atoms with Crippen LogP contribution in [0.3, 0.4) is 0 Å². The molecule has 0 radical (unpaired) electrons. The van der Waals surface area contributed by atoms with E-state index in [1.54, 1.807) is 12.4 Å². The van der Waals surface area contributed by atoms with Gasteiger partial charge in [-0.25, -0.2) is 0 Å². The zero-order valence-corrected chi connectivity index (χ0v) is 8.27. The summed E-state index contributed by atoms with van der Waals surface area (Å²) >= 11 is 0. The van der Waals surface area contributed by atoms with E-state index in [9.17, 15) is 0 Å². The molecule has 0 fully saturated rings. The van der Waals surface area contributed by atoms with Crippen molar-refractivity contribution in [1.29, 1.82) is 5.26 Å². The molecule has 0 aromatic carbocycles. The molecule has 1 aromatic rings. The average molecular weight is 190 g/mol. The van der Waals surface area contributed by atoms with Crippen LogP contribution in [0.2, 0.25) is 0 Å². The summed E-state index contributed by atoms with van der Waals surface area (Å²) in [6.07, 6.45) is 3.89. The van der Waals surface area contributed by atoms with Gasteiger partial charge in [0.25, 0.3) is 0 Å². The lowest BCUT2D eigenvalue weighted by Crippen LogP contribution is -2.23. The fraction of sp³-hybridized carbons (Fsp3) is 0.400. The second-order valence-corrected chi connectivity index (χ2v) is 2.96. The Morgan fingerprint density at radius 2 is 2.36 bits per heavy atom. The van der Waals surface area contributed by atoms with Crippen molar-refractivity contribution in [3.05, 3.63) is 18.5 Å². The first-order chi connectivity index (χ1) is 6.77. The molecule has 0 aliphatic carbocycles. The van der Waals surface area contributed by atoms with Gasteiger partial charge in [0, 0.05) is 19.3 Å². The minimum atomic E-state index is 0.517. The van der Waals surface area contributed by atoms with Gasteiger partial charge in [-0.1, -0.05) is 0 Å². The van der Waals surface area contributed by atoms with Crippen LogP contribution in [-0.4, -0.2) is 18.1 Å². The summed E-state index contributed by atoms with van der Waals surface area (Å²) in [6.45, 7) is 3.62. The molecule has 2 N–H and O–H groups in total. The number of rotatable bonds is 4. The van der Waals surface area contributed by atoms with Crippen LogP contribution in [0.5, 0.6) is 0 Å². The molecule has 1 aromatic heterocycles. The molecular weight excluding hydrogens is 176 g/mol. The minimum Gasteiger partial charge on any atom is -0.397 e. The third kappa shape index (κ3) is 2.63. The molecule has 4 heteroatoms. The van der Waals surface area contributed by atoms with Crippen LogP contribution in [0.25, 0.3) is 0 Å². The third-order valence-corrected chi connectivity index (χ3v) is 1.99. The fourth-order valence-corrected chi connectivity index (χ4v) is 1.27. The van der Waals surface area contributed by atoms with Crippen molar-refractivity contribution in [2.45, 2.75) is 13.3 Å². The van der Waals surface area contributed by atoms with Gasteiger partial charge in [-0.2, -0.15) is 5.26 Å². The Kier molecular flexibility index (Phi) is 3.74. The number of nitrogen functional groups attached to an aromatic ring is 1. The summed E-state index contributed by atoms with van der Waals surface area (Å²) in [5.74, 6) is 0. The van der Waals surface area contributed by atoms with E-state index in [1.807, 2.05) is 13.0 Å². The van der Waals surface area contributed by atoms with E-state index in [-0.39, 0.29) is 0 Å². The summed E-state index contributed by atoms with van der Waals surface area (Å²) in [6, 6.07) is 3.99. The zero-order valence-electron chi connectivity index (χ0n) is 8.27. The van der Waals surface area contributed by atoms with E-state index in [0.29, 0.717) is 12.1 Å². The van der Waals surface area contributed by atoms with Gasteiger partial charge < -0.3 is 10.6 Å². The predicted octanol–water partition coefficient (Wildman–Crippen LogP) is 1.40. The van der Waals surface area contributed by atoms with Crippen LogP contribution in [0.15, 0.2) is 18.5 Å². The number of hydrogen-bond acceptors (Lipinski definition) is 4. The fourth-order valence-electron chi connectivity index (χ4n) is 1.27. The van der Waals surface area contributed by atoms with E-state index in [4.69, 9.17) is 11.0 Å². The van der Waals surface area contributed by atoms with Gasteiger partial charge in [-0.05, 0) is 13.0 Å². The minimum absolute atomic E-state index is 0.517. The van der Waals surface area contributed by atoms with Crippen molar-refractivity contribution in [3.63, 3.8) is 0 Å². The maximum absolute atomic E-state index is 8.50. The van der Waals surface area contributed by atoms with Gasteiger partial charge in [0.05, 0.1) is 30.1 Å². The predicted molar refractivity (Wildman–Crippen MR) is 56.8 cm³/mol. The first-order valence-electron chi connectivity index (χ1n) is 4.60. The second-order valence-electron chi connectivity index (χ2n) is 2.96. The molecule has 4 nitrogen and oxygen atoms in total. The number of nitriles is 1. The second kappa shape index (κ2) is 5.07.